The summed E-state index contributed by atoms with van der Waals surface area (Å²) >= 11 is 1.49. The molecule has 0 radical (unpaired) electrons. The largest absolute Gasteiger partial charge is 0.494 e. The third-order valence-electron chi connectivity index (χ3n) is 6.86. The minimum atomic E-state index is -0.0214. The highest BCUT2D eigenvalue weighted by molar-refractivity contribution is 7.20. The van der Waals surface area contributed by atoms with Crippen LogP contribution < -0.4 is 10.1 Å². The molecule has 0 saturated heterocycles. The fourth-order valence-corrected chi connectivity index (χ4v) is 6.02. The molecule has 34 heavy (non-hydrogen) atoms. The van der Waals surface area contributed by atoms with Crippen LogP contribution in [0.15, 0.2) is 60.5 Å². The number of thiazole rings is 1. The van der Waals surface area contributed by atoms with E-state index in [1.807, 2.05) is 19.1 Å². The number of ketones is 1. The highest BCUT2D eigenvalue weighted by Gasteiger charge is 2.32. The number of rotatable bonds is 7. The zero-order chi connectivity index (χ0) is 23.5. The quantitative estimate of drug-likeness (QED) is 0.496. The zero-order valence-corrected chi connectivity index (χ0v) is 20.4. The van der Waals surface area contributed by atoms with Crippen LogP contribution in [0.4, 0.5) is 0 Å². The standard InChI is InChI=1S/C27H30N2O4S/c1-17-8-13-21(31-2)24-26(17)34-27(29-24)25(30)19-9-11-20(12-10-19)28-23(18-6-4-3-5-7-18)22-16-32-14-15-33-22/h3-4,6,8,13-16,19-20,23,28H,5,7,9-12H2,1-2H3. The molecule has 1 aromatic carbocycles. The maximum absolute atomic E-state index is 13.3. The van der Waals surface area contributed by atoms with Gasteiger partial charge in [0.2, 0.25) is 0 Å². The molecule has 1 fully saturated rings. The van der Waals surface area contributed by atoms with Crippen molar-refractivity contribution < 1.29 is 19.0 Å². The maximum Gasteiger partial charge on any atom is 0.194 e. The minimum Gasteiger partial charge on any atom is -0.494 e. The first-order valence-corrected chi connectivity index (χ1v) is 12.7. The molecule has 0 bridgehead atoms. The predicted octanol–water partition coefficient (Wildman–Crippen LogP) is 5.95. The Bertz CT molecular complexity index is 1180. The number of nitrogens with one attached hydrogen (secondary N) is 1. The topological polar surface area (TPSA) is 69.7 Å². The molecule has 2 aromatic rings. The lowest BCUT2D eigenvalue weighted by Gasteiger charge is -2.33. The first-order chi connectivity index (χ1) is 16.6. The van der Waals surface area contributed by atoms with E-state index in [9.17, 15) is 4.79 Å². The molecule has 1 atom stereocenters. The Hall–Kier alpha value is -2.90. The lowest BCUT2D eigenvalue weighted by atomic mass is 9.83. The van der Waals surface area contributed by atoms with Gasteiger partial charge < -0.3 is 19.5 Å². The van der Waals surface area contributed by atoms with Gasteiger partial charge >= 0.3 is 0 Å². The number of benzene rings is 1. The number of carbonyl (C=O) groups excluding carboxylic acids is 1. The van der Waals surface area contributed by atoms with Crippen LogP contribution in [0, 0.1) is 12.8 Å². The lowest BCUT2D eigenvalue weighted by molar-refractivity contribution is 0.0877. The summed E-state index contributed by atoms with van der Waals surface area (Å²) < 4.78 is 17.6. The van der Waals surface area contributed by atoms with Gasteiger partial charge in [-0.3, -0.25) is 4.79 Å². The SMILES string of the molecule is COc1ccc(C)c2sc(C(=O)C3CCC(NC(C4=CC=CCC4)C4=COC=CO4)CC3)nc12. The van der Waals surface area contributed by atoms with Gasteiger partial charge in [0.25, 0.3) is 0 Å². The molecule has 6 nitrogen and oxygen atoms in total. The van der Waals surface area contributed by atoms with E-state index < -0.39 is 0 Å². The Kier molecular flexibility index (Phi) is 6.83. The maximum atomic E-state index is 13.3. The Morgan fingerprint density at radius 1 is 1.24 bits per heavy atom. The van der Waals surface area contributed by atoms with Gasteiger partial charge in [0.05, 0.1) is 17.9 Å². The van der Waals surface area contributed by atoms with Gasteiger partial charge in [0.1, 0.15) is 30.1 Å². The molecule has 1 N–H and O–H groups in total. The summed E-state index contributed by atoms with van der Waals surface area (Å²) in [4.78, 5) is 18.0. The van der Waals surface area contributed by atoms with Gasteiger partial charge in [0, 0.05) is 12.0 Å². The van der Waals surface area contributed by atoms with Crippen LogP contribution in [0.2, 0.25) is 0 Å². The van der Waals surface area contributed by atoms with E-state index >= 15 is 0 Å². The van der Waals surface area contributed by atoms with Crippen LogP contribution in [0.5, 0.6) is 5.75 Å². The van der Waals surface area contributed by atoms with E-state index in [0.29, 0.717) is 11.0 Å². The van der Waals surface area contributed by atoms with Crippen molar-refractivity contribution in [1.82, 2.24) is 10.3 Å². The highest BCUT2D eigenvalue weighted by Crippen LogP contribution is 2.36. The van der Waals surface area contributed by atoms with Gasteiger partial charge in [-0.1, -0.05) is 24.3 Å². The second-order valence-corrected chi connectivity index (χ2v) is 10.0. The zero-order valence-electron chi connectivity index (χ0n) is 19.6. The number of fused-ring (bicyclic) bond motifs is 1. The monoisotopic (exact) mass is 478 g/mol. The Labute approximate surface area is 204 Å². The van der Waals surface area contributed by atoms with Crippen molar-refractivity contribution in [2.75, 3.05) is 7.11 Å². The van der Waals surface area contributed by atoms with Crippen LogP contribution in [0.1, 0.15) is 53.9 Å². The van der Waals surface area contributed by atoms with Crippen LogP contribution >= 0.6 is 11.3 Å². The molecule has 1 saturated carbocycles. The Balaban J connectivity index is 1.26. The molecule has 1 aromatic heterocycles. The number of hydrogen-bond donors (Lipinski definition) is 1. The minimum absolute atomic E-state index is 0.0107. The second-order valence-electron chi connectivity index (χ2n) is 9.05. The van der Waals surface area contributed by atoms with Gasteiger partial charge in [-0.05, 0) is 62.7 Å². The van der Waals surface area contributed by atoms with Crippen LogP contribution in [0.3, 0.4) is 0 Å². The summed E-state index contributed by atoms with van der Waals surface area (Å²) in [6, 6.07) is 4.23. The third kappa shape index (κ3) is 4.68. The van der Waals surface area contributed by atoms with E-state index in [2.05, 4.69) is 28.5 Å². The van der Waals surface area contributed by atoms with Gasteiger partial charge in [-0.15, -0.1) is 11.3 Å². The van der Waals surface area contributed by atoms with Crippen molar-refractivity contribution in [3.63, 3.8) is 0 Å². The van der Waals surface area contributed by atoms with Crippen molar-refractivity contribution >= 4 is 27.3 Å². The fourth-order valence-electron chi connectivity index (χ4n) is 4.95. The fraction of sp³-hybridized carbons (Fsp3) is 0.407. The summed E-state index contributed by atoms with van der Waals surface area (Å²) in [6.45, 7) is 2.05. The first kappa shape index (κ1) is 22.9. The van der Waals surface area contributed by atoms with Crippen molar-refractivity contribution in [1.29, 1.82) is 0 Å². The summed E-state index contributed by atoms with van der Waals surface area (Å²) in [5.74, 6) is 1.67. The molecule has 1 unspecified atom stereocenters. The van der Waals surface area contributed by atoms with Crippen molar-refractivity contribution in [3.05, 3.63) is 71.1 Å². The molecule has 3 aliphatic rings. The van der Waals surface area contributed by atoms with Crippen molar-refractivity contribution in [2.45, 2.75) is 57.5 Å². The summed E-state index contributed by atoms with van der Waals surface area (Å²) in [5.41, 5.74) is 3.21. The number of hydrogen-bond acceptors (Lipinski definition) is 7. The number of carbonyl (C=O) groups is 1. The normalized spacial score (nSPS) is 23.0. The van der Waals surface area contributed by atoms with Gasteiger partial charge in [0.15, 0.2) is 16.6 Å². The molecule has 178 valence electrons. The average molecular weight is 479 g/mol. The Morgan fingerprint density at radius 3 is 2.79 bits per heavy atom. The van der Waals surface area contributed by atoms with E-state index in [1.165, 1.54) is 23.2 Å². The van der Waals surface area contributed by atoms with Crippen molar-refractivity contribution in [2.24, 2.45) is 5.92 Å². The van der Waals surface area contributed by atoms with Gasteiger partial charge in [-0.2, -0.15) is 0 Å². The van der Waals surface area contributed by atoms with Crippen LogP contribution in [0.25, 0.3) is 10.2 Å². The molecular weight excluding hydrogens is 448 g/mol. The molecule has 2 aliphatic carbocycles. The summed E-state index contributed by atoms with van der Waals surface area (Å²) in [6.07, 6.45) is 16.8. The van der Waals surface area contributed by atoms with Crippen LogP contribution in [-0.4, -0.2) is 30.0 Å². The number of ether oxygens (including phenoxy) is 3. The smallest absolute Gasteiger partial charge is 0.194 e. The molecule has 1 aliphatic heterocycles. The second kappa shape index (κ2) is 10.2. The van der Waals surface area contributed by atoms with E-state index in [4.69, 9.17) is 14.2 Å². The number of aryl methyl sites for hydroxylation is 1. The highest BCUT2D eigenvalue weighted by atomic mass is 32.1. The van der Waals surface area contributed by atoms with Crippen molar-refractivity contribution in [3.8, 4) is 5.75 Å². The average Bonchev–Trinajstić information content (AvgIpc) is 3.35. The predicted molar refractivity (Wildman–Crippen MR) is 134 cm³/mol. The first-order valence-electron chi connectivity index (χ1n) is 11.9. The van der Waals surface area contributed by atoms with Gasteiger partial charge in [-0.25, -0.2) is 4.98 Å². The molecule has 5 rings (SSSR count). The number of aromatic nitrogens is 1. The number of allylic oxidation sites excluding steroid dienone is 3. The summed E-state index contributed by atoms with van der Waals surface area (Å²) in [7, 11) is 1.64. The molecule has 0 amide bonds. The number of Topliss-reactive ketones (excluding diaryl/α,β-unsaturated/α-hetero) is 1. The molecule has 7 heteroatoms. The number of nitrogens with zero attached hydrogens (tertiary/aromatic N) is 1. The third-order valence-corrected chi connectivity index (χ3v) is 8.06. The molecule has 2 heterocycles. The van der Waals surface area contributed by atoms with Crippen LogP contribution in [-0.2, 0) is 9.47 Å². The molecular formula is C27H30N2O4S. The lowest BCUT2D eigenvalue weighted by Crippen LogP contribution is -2.44. The van der Waals surface area contributed by atoms with E-state index in [0.717, 1.165) is 65.8 Å². The Morgan fingerprint density at radius 2 is 2.09 bits per heavy atom. The number of methoxy groups -OCH3 is 1. The van der Waals surface area contributed by atoms with E-state index in [1.54, 1.807) is 19.6 Å². The molecule has 0 spiro atoms. The van der Waals surface area contributed by atoms with E-state index in [-0.39, 0.29) is 17.7 Å². The summed E-state index contributed by atoms with van der Waals surface area (Å²) in [5, 5.41) is 4.39.